The van der Waals surface area contributed by atoms with Gasteiger partial charge in [-0.15, -0.1) is 0 Å². The highest BCUT2D eigenvalue weighted by Crippen LogP contribution is 2.23. The molecule has 0 heterocycles. The summed E-state index contributed by atoms with van der Waals surface area (Å²) in [5.41, 5.74) is 0.987. The molecule has 5 heteroatoms. The number of rotatable bonds is 5. The standard InChI is InChI=1S/C13H16BrCl2NO/c1-9(2)17(13(18)5-6-14)8-10-3-4-11(15)12(16)7-10/h3-4,7,9H,5-6,8H2,1-2H3. The fourth-order valence-corrected chi connectivity index (χ4v) is 2.28. The summed E-state index contributed by atoms with van der Waals surface area (Å²) in [7, 11) is 0. The van der Waals surface area contributed by atoms with Crippen LogP contribution < -0.4 is 0 Å². The second-order valence-corrected chi connectivity index (χ2v) is 5.91. The van der Waals surface area contributed by atoms with Crippen LogP contribution in [-0.2, 0) is 11.3 Å². The molecule has 0 atom stereocenters. The van der Waals surface area contributed by atoms with Crippen molar-refractivity contribution in [1.82, 2.24) is 4.90 Å². The molecular weight excluding hydrogens is 337 g/mol. The lowest BCUT2D eigenvalue weighted by Crippen LogP contribution is -2.36. The minimum Gasteiger partial charge on any atom is -0.336 e. The third-order valence-corrected chi connectivity index (χ3v) is 3.72. The van der Waals surface area contributed by atoms with Crippen molar-refractivity contribution in [2.45, 2.75) is 32.9 Å². The molecule has 0 aliphatic carbocycles. The highest BCUT2D eigenvalue weighted by molar-refractivity contribution is 9.09. The lowest BCUT2D eigenvalue weighted by atomic mass is 10.1. The van der Waals surface area contributed by atoms with Gasteiger partial charge in [0.25, 0.3) is 0 Å². The molecule has 0 fully saturated rings. The summed E-state index contributed by atoms with van der Waals surface area (Å²) in [6.07, 6.45) is 0.500. The molecule has 1 aromatic rings. The Kier molecular flexibility index (Phi) is 6.47. The first-order chi connectivity index (χ1) is 8.45. The highest BCUT2D eigenvalue weighted by Gasteiger charge is 2.16. The summed E-state index contributed by atoms with van der Waals surface area (Å²) >= 11 is 15.1. The van der Waals surface area contributed by atoms with Crippen molar-refractivity contribution in [1.29, 1.82) is 0 Å². The molecule has 0 aliphatic heterocycles. The number of alkyl halides is 1. The second-order valence-electron chi connectivity index (χ2n) is 4.30. The maximum absolute atomic E-state index is 12.0. The monoisotopic (exact) mass is 351 g/mol. The molecule has 1 rings (SSSR count). The number of halogens is 3. The number of benzene rings is 1. The molecule has 0 saturated heterocycles. The predicted octanol–water partition coefficient (Wildman–Crippen LogP) is 4.52. The van der Waals surface area contributed by atoms with E-state index in [0.29, 0.717) is 28.3 Å². The Hall–Kier alpha value is -0.250. The Labute approximate surface area is 126 Å². The molecule has 100 valence electrons. The molecule has 2 nitrogen and oxygen atoms in total. The van der Waals surface area contributed by atoms with E-state index in [4.69, 9.17) is 23.2 Å². The average molecular weight is 353 g/mol. The maximum Gasteiger partial charge on any atom is 0.223 e. The van der Waals surface area contributed by atoms with E-state index < -0.39 is 0 Å². The van der Waals surface area contributed by atoms with Crippen molar-refractivity contribution < 1.29 is 4.79 Å². The Balaban J connectivity index is 2.83. The third kappa shape index (κ3) is 4.45. The Bertz CT molecular complexity index is 423. The topological polar surface area (TPSA) is 20.3 Å². The Morgan fingerprint density at radius 2 is 2.00 bits per heavy atom. The van der Waals surface area contributed by atoms with Crippen molar-refractivity contribution in [3.8, 4) is 0 Å². The molecule has 0 unspecified atom stereocenters. The molecule has 0 radical (unpaired) electrons. The molecular formula is C13H16BrCl2NO. The summed E-state index contributed by atoms with van der Waals surface area (Å²) < 4.78 is 0. The van der Waals surface area contributed by atoms with Crippen molar-refractivity contribution in [2.75, 3.05) is 5.33 Å². The zero-order valence-electron chi connectivity index (χ0n) is 10.4. The van der Waals surface area contributed by atoms with Crippen LogP contribution in [0.15, 0.2) is 18.2 Å². The highest BCUT2D eigenvalue weighted by atomic mass is 79.9. The normalized spacial score (nSPS) is 10.8. The summed E-state index contributed by atoms with van der Waals surface area (Å²) in [4.78, 5) is 13.8. The molecule has 0 aromatic heterocycles. The zero-order valence-corrected chi connectivity index (χ0v) is 13.5. The quantitative estimate of drug-likeness (QED) is 0.713. The van der Waals surface area contributed by atoms with E-state index in [1.54, 1.807) is 12.1 Å². The molecule has 0 bridgehead atoms. The van der Waals surface area contributed by atoms with Crippen molar-refractivity contribution in [2.24, 2.45) is 0 Å². The van der Waals surface area contributed by atoms with Crippen molar-refractivity contribution in [3.05, 3.63) is 33.8 Å². The van der Waals surface area contributed by atoms with Crippen molar-refractivity contribution in [3.63, 3.8) is 0 Å². The van der Waals surface area contributed by atoms with Gasteiger partial charge in [-0.25, -0.2) is 0 Å². The molecule has 18 heavy (non-hydrogen) atoms. The van der Waals surface area contributed by atoms with Gasteiger partial charge in [-0.2, -0.15) is 0 Å². The van der Waals surface area contributed by atoms with Gasteiger partial charge < -0.3 is 4.90 Å². The number of hydrogen-bond donors (Lipinski definition) is 0. The fraction of sp³-hybridized carbons (Fsp3) is 0.462. The number of amides is 1. The van der Waals surface area contributed by atoms with E-state index in [-0.39, 0.29) is 11.9 Å². The van der Waals surface area contributed by atoms with Gasteiger partial charge in [0.2, 0.25) is 5.91 Å². The predicted molar refractivity (Wildman–Crippen MR) is 80.6 cm³/mol. The van der Waals surface area contributed by atoms with Gasteiger partial charge in [0.05, 0.1) is 10.0 Å². The Morgan fingerprint density at radius 1 is 1.33 bits per heavy atom. The summed E-state index contributed by atoms with van der Waals surface area (Å²) in [5.74, 6) is 0.132. The fourth-order valence-electron chi connectivity index (χ4n) is 1.62. The van der Waals surface area contributed by atoms with E-state index in [0.717, 1.165) is 5.56 Å². The molecule has 0 aliphatic rings. The number of nitrogens with zero attached hydrogens (tertiary/aromatic N) is 1. The van der Waals surface area contributed by atoms with Crippen LogP contribution in [0.4, 0.5) is 0 Å². The lowest BCUT2D eigenvalue weighted by molar-refractivity contribution is -0.133. The molecule has 1 aromatic carbocycles. The van der Waals surface area contributed by atoms with Gasteiger partial charge >= 0.3 is 0 Å². The SMILES string of the molecule is CC(C)N(Cc1ccc(Cl)c(Cl)c1)C(=O)CCBr. The van der Waals surface area contributed by atoms with Crippen LogP contribution >= 0.6 is 39.1 Å². The molecule has 1 amide bonds. The molecule has 0 N–H and O–H groups in total. The van der Waals surface area contributed by atoms with Crippen molar-refractivity contribution >= 4 is 45.0 Å². The average Bonchev–Trinajstić information content (AvgIpc) is 2.30. The van der Waals surface area contributed by atoms with Crippen LogP contribution in [0.1, 0.15) is 25.8 Å². The molecule has 0 saturated carbocycles. The van der Waals surface area contributed by atoms with Gasteiger partial charge in [-0.1, -0.05) is 45.2 Å². The lowest BCUT2D eigenvalue weighted by Gasteiger charge is -2.27. The van der Waals surface area contributed by atoms with Gasteiger partial charge in [0, 0.05) is 24.3 Å². The van der Waals surface area contributed by atoms with Crippen LogP contribution in [0, 0.1) is 0 Å². The smallest absolute Gasteiger partial charge is 0.223 e. The Morgan fingerprint density at radius 3 is 2.50 bits per heavy atom. The van der Waals surface area contributed by atoms with E-state index in [1.807, 2.05) is 24.8 Å². The van der Waals surface area contributed by atoms with E-state index >= 15 is 0 Å². The zero-order chi connectivity index (χ0) is 13.7. The van der Waals surface area contributed by atoms with Gasteiger partial charge in [-0.05, 0) is 31.5 Å². The van der Waals surface area contributed by atoms with Crippen LogP contribution in [0.3, 0.4) is 0 Å². The van der Waals surface area contributed by atoms with Crippen LogP contribution in [0.25, 0.3) is 0 Å². The van der Waals surface area contributed by atoms with E-state index in [9.17, 15) is 4.79 Å². The first kappa shape index (κ1) is 15.8. The van der Waals surface area contributed by atoms with Gasteiger partial charge in [0.1, 0.15) is 0 Å². The molecule has 0 spiro atoms. The summed E-state index contributed by atoms with van der Waals surface area (Å²) in [6, 6.07) is 5.62. The van der Waals surface area contributed by atoms with Gasteiger partial charge in [0.15, 0.2) is 0 Å². The van der Waals surface area contributed by atoms with E-state index in [1.165, 1.54) is 0 Å². The third-order valence-electron chi connectivity index (χ3n) is 2.59. The van der Waals surface area contributed by atoms with Crippen LogP contribution in [0.2, 0.25) is 10.0 Å². The van der Waals surface area contributed by atoms with Crippen LogP contribution in [-0.4, -0.2) is 22.2 Å². The minimum absolute atomic E-state index is 0.132. The maximum atomic E-state index is 12.0. The van der Waals surface area contributed by atoms with Gasteiger partial charge in [-0.3, -0.25) is 4.79 Å². The number of carbonyl (C=O) groups is 1. The first-order valence-corrected chi connectivity index (χ1v) is 7.62. The number of carbonyl (C=O) groups excluding carboxylic acids is 1. The second kappa shape index (κ2) is 7.37. The summed E-state index contributed by atoms with van der Waals surface area (Å²) in [5, 5.41) is 1.73. The number of hydrogen-bond acceptors (Lipinski definition) is 1. The summed E-state index contributed by atoms with van der Waals surface area (Å²) in [6.45, 7) is 4.56. The largest absolute Gasteiger partial charge is 0.336 e. The van der Waals surface area contributed by atoms with E-state index in [2.05, 4.69) is 15.9 Å². The minimum atomic E-state index is 0.132. The van der Waals surface area contributed by atoms with Crippen LogP contribution in [0.5, 0.6) is 0 Å². The first-order valence-electron chi connectivity index (χ1n) is 5.75.